The Hall–Kier alpha value is -3.12. The summed E-state index contributed by atoms with van der Waals surface area (Å²) >= 11 is 0. The van der Waals surface area contributed by atoms with Crippen molar-refractivity contribution in [3.63, 3.8) is 0 Å². The van der Waals surface area contributed by atoms with Crippen LogP contribution in [0.1, 0.15) is 18.1 Å². The first-order valence-corrected chi connectivity index (χ1v) is 9.52. The Balaban J connectivity index is 0.000000221. The van der Waals surface area contributed by atoms with E-state index in [1.54, 1.807) is 0 Å². The van der Waals surface area contributed by atoms with Gasteiger partial charge in [0.05, 0.1) is 0 Å². The van der Waals surface area contributed by atoms with Crippen molar-refractivity contribution in [3.8, 4) is 22.3 Å². The summed E-state index contributed by atoms with van der Waals surface area (Å²) in [7, 11) is 0. The lowest BCUT2D eigenvalue weighted by atomic mass is 10.00. The average molecular weight is 351 g/mol. The van der Waals surface area contributed by atoms with Crippen LogP contribution in [0.2, 0.25) is 0 Å². The molecular weight excluding hydrogens is 324 g/mol. The van der Waals surface area contributed by atoms with E-state index in [1.807, 2.05) is 12.1 Å². The van der Waals surface area contributed by atoms with E-state index in [0.717, 1.165) is 6.42 Å². The van der Waals surface area contributed by atoms with Gasteiger partial charge in [-0.3, -0.25) is 0 Å². The first-order valence-electron chi connectivity index (χ1n) is 9.52. The molecule has 0 aliphatic heterocycles. The van der Waals surface area contributed by atoms with Gasteiger partial charge in [-0.05, 0) is 41.2 Å². The molecule has 0 amide bonds. The first-order chi connectivity index (χ1) is 13.3. The van der Waals surface area contributed by atoms with Gasteiger partial charge < -0.3 is 0 Å². The first kappa shape index (κ1) is 18.7. The molecule has 0 radical (unpaired) electrons. The van der Waals surface area contributed by atoms with E-state index in [0.29, 0.717) is 0 Å². The van der Waals surface area contributed by atoms with Crippen LogP contribution in [0.5, 0.6) is 0 Å². The maximum atomic E-state index is 2.19. The number of aryl methyl sites for hydroxylation is 2. The summed E-state index contributed by atoms with van der Waals surface area (Å²) in [5, 5.41) is 0. The molecular formula is C27H26. The van der Waals surface area contributed by atoms with Crippen LogP contribution >= 0.6 is 0 Å². The molecule has 4 aromatic carbocycles. The molecule has 0 heterocycles. The van der Waals surface area contributed by atoms with Crippen LogP contribution in [0.3, 0.4) is 0 Å². The molecule has 0 N–H and O–H groups in total. The third-order valence-corrected chi connectivity index (χ3v) is 4.63. The molecule has 4 rings (SSSR count). The number of benzene rings is 4. The Morgan fingerprint density at radius 1 is 0.444 bits per heavy atom. The molecule has 0 fully saturated rings. The lowest BCUT2D eigenvalue weighted by Gasteiger charge is -2.05. The molecule has 0 saturated carbocycles. The summed E-state index contributed by atoms with van der Waals surface area (Å²) < 4.78 is 0. The molecule has 0 heteroatoms. The number of hydrogen-bond donors (Lipinski definition) is 0. The van der Waals surface area contributed by atoms with E-state index in [2.05, 4.69) is 111 Å². The van der Waals surface area contributed by atoms with E-state index in [4.69, 9.17) is 0 Å². The molecule has 0 unspecified atom stereocenters. The van der Waals surface area contributed by atoms with Crippen molar-refractivity contribution >= 4 is 0 Å². The Morgan fingerprint density at radius 3 is 1.22 bits per heavy atom. The molecule has 0 spiro atoms. The van der Waals surface area contributed by atoms with E-state index in [-0.39, 0.29) is 0 Å². The van der Waals surface area contributed by atoms with Gasteiger partial charge in [0.2, 0.25) is 0 Å². The van der Waals surface area contributed by atoms with Crippen LogP contribution in [0, 0.1) is 6.92 Å². The summed E-state index contributed by atoms with van der Waals surface area (Å²) in [5.74, 6) is 0. The van der Waals surface area contributed by atoms with Crippen LogP contribution in [0.4, 0.5) is 0 Å². The maximum Gasteiger partial charge on any atom is -0.0184 e. The molecule has 0 saturated heterocycles. The number of hydrogen-bond acceptors (Lipinski definition) is 0. The van der Waals surface area contributed by atoms with Crippen LogP contribution in [0.25, 0.3) is 22.3 Å². The highest BCUT2D eigenvalue weighted by Gasteiger charge is 1.99. The number of rotatable bonds is 3. The zero-order valence-electron chi connectivity index (χ0n) is 16.1. The normalized spacial score (nSPS) is 10.0. The predicted octanol–water partition coefficient (Wildman–Crippen LogP) is 7.58. The van der Waals surface area contributed by atoms with Crippen LogP contribution in [0.15, 0.2) is 109 Å². The van der Waals surface area contributed by atoms with Gasteiger partial charge in [-0.1, -0.05) is 122 Å². The van der Waals surface area contributed by atoms with Gasteiger partial charge >= 0.3 is 0 Å². The second kappa shape index (κ2) is 9.54. The molecule has 0 atom stereocenters. The van der Waals surface area contributed by atoms with Gasteiger partial charge in [0, 0.05) is 0 Å². The topological polar surface area (TPSA) is 0 Å². The Kier molecular flexibility index (Phi) is 6.60. The van der Waals surface area contributed by atoms with Crippen molar-refractivity contribution in [2.75, 3.05) is 0 Å². The second-order valence-electron chi connectivity index (χ2n) is 6.65. The smallest absolute Gasteiger partial charge is 0.0184 e. The summed E-state index contributed by atoms with van der Waals surface area (Å²) in [6.45, 7) is 4.28. The van der Waals surface area contributed by atoms with E-state index < -0.39 is 0 Å². The Labute approximate surface area is 163 Å². The van der Waals surface area contributed by atoms with Crippen molar-refractivity contribution in [1.29, 1.82) is 0 Å². The molecule has 0 bridgehead atoms. The minimum absolute atomic E-state index is 1.14. The van der Waals surface area contributed by atoms with E-state index in [9.17, 15) is 0 Å². The molecule has 0 aromatic heterocycles. The van der Waals surface area contributed by atoms with Gasteiger partial charge in [0.25, 0.3) is 0 Å². The zero-order valence-corrected chi connectivity index (χ0v) is 16.1. The third-order valence-electron chi connectivity index (χ3n) is 4.63. The molecule has 0 aliphatic carbocycles. The van der Waals surface area contributed by atoms with Gasteiger partial charge in [-0.25, -0.2) is 0 Å². The molecule has 27 heavy (non-hydrogen) atoms. The highest BCUT2D eigenvalue weighted by molar-refractivity contribution is 5.70. The van der Waals surface area contributed by atoms with Crippen molar-refractivity contribution in [1.82, 2.24) is 0 Å². The fraction of sp³-hybridized carbons (Fsp3) is 0.111. The lowest BCUT2D eigenvalue weighted by Crippen LogP contribution is -1.80. The minimum Gasteiger partial charge on any atom is -0.0622 e. The Bertz CT molecular complexity index is 919. The van der Waals surface area contributed by atoms with E-state index >= 15 is 0 Å². The van der Waals surface area contributed by atoms with Crippen molar-refractivity contribution in [3.05, 3.63) is 120 Å². The quantitative estimate of drug-likeness (QED) is 0.357. The minimum atomic E-state index is 1.14. The SMILES string of the molecule is CCc1ccccc1.Cc1ccc(-c2ccc(-c3ccccc3)cc2)cc1. The average Bonchev–Trinajstić information content (AvgIpc) is 2.76. The molecule has 0 aliphatic rings. The second-order valence-corrected chi connectivity index (χ2v) is 6.65. The zero-order chi connectivity index (χ0) is 18.9. The van der Waals surface area contributed by atoms with E-state index in [1.165, 1.54) is 33.4 Å². The highest BCUT2D eigenvalue weighted by Crippen LogP contribution is 2.24. The third kappa shape index (κ3) is 5.43. The molecule has 134 valence electrons. The lowest BCUT2D eigenvalue weighted by molar-refractivity contribution is 1.14. The van der Waals surface area contributed by atoms with Gasteiger partial charge in [-0.2, -0.15) is 0 Å². The van der Waals surface area contributed by atoms with Gasteiger partial charge in [-0.15, -0.1) is 0 Å². The van der Waals surface area contributed by atoms with Crippen molar-refractivity contribution < 1.29 is 0 Å². The summed E-state index contributed by atoms with van der Waals surface area (Å²) in [6.07, 6.45) is 1.14. The highest BCUT2D eigenvalue weighted by atomic mass is 14.0. The monoisotopic (exact) mass is 350 g/mol. The fourth-order valence-electron chi connectivity index (χ4n) is 2.95. The molecule has 0 nitrogen and oxygen atoms in total. The summed E-state index contributed by atoms with van der Waals surface area (Å²) in [5.41, 5.74) is 7.76. The van der Waals surface area contributed by atoms with Crippen LogP contribution in [-0.4, -0.2) is 0 Å². The maximum absolute atomic E-state index is 2.19. The Morgan fingerprint density at radius 2 is 0.815 bits per heavy atom. The summed E-state index contributed by atoms with van der Waals surface area (Å²) in [4.78, 5) is 0. The van der Waals surface area contributed by atoms with Crippen LogP contribution in [-0.2, 0) is 6.42 Å². The largest absolute Gasteiger partial charge is 0.0622 e. The van der Waals surface area contributed by atoms with Crippen molar-refractivity contribution in [2.45, 2.75) is 20.3 Å². The fourth-order valence-corrected chi connectivity index (χ4v) is 2.95. The van der Waals surface area contributed by atoms with Crippen molar-refractivity contribution in [2.24, 2.45) is 0 Å². The van der Waals surface area contributed by atoms with Crippen LogP contribution < -0.4 is 0 Å². The standard InChI is InChI=1S/C19H16.C8H10/c1-15-7-9-17(10-8-15)19-13-11-18(12-14-19)16-5-3-2-4-6-16;1-2-8-6-4-3-5-7-8/h2-14H,1H3;3-7H,2H2,1H3. The van der Waals surface area contributed by atoms with Gasteiger partial charge in [0.1, 0.15) is 0 Å². The van der Waals surface area contributed by atoms with Gasteiger partial charge in [0.15, 0.2) is 0 Å². The predicted molar refractivity (Wildman–Crippen MR) is 118 cm³/mol. The molecule has 4 aromatic rings. The summed E-state index contributed by atoms with van der Waals surface area (Å²) in [6, 6.07) is 38.3.